The van der Waals surface area contributed by atoms with Gasteiger partial charge in [-0.3, -0.25) is 9.20 Å². The summed E-state index contributed by atoms with van der Waals surface area (Å²) in [6.45, 7) is 0.414. The Balaban J connectivity index is 1.40. The molecule has 3 aromatic heterocycles. The first-order chi connectivity index (χ1) is 13.4. The summed E-state index contributed by atoms with van der Waals surface area (Å²) in [5.74, 6) is -0.0240. The van der Waals surface area contributed by atoms with Gasteiger partial charge in [0, 0.05) is 19.2 Å². The second kappa shape index (κ2) is 6.95. The van der Waals surface area contributed by atoms with Crippen molar-refractivity contribution in [1.29, 1.82) is 0 Å². The number of alkyl halides is 3. The number of pyridine rings is 1. The molecule has 0 saturated heterocycles. The molecule has 144 valence electrons. The van der Waals surface area contributed by atoms with Gasteiger partial charge in [0.1, 0.15) is 0 Å². The Kier molecular flexibility index (Phi) is 4.46. The number of imidazole rings is 1. The monoisotopic (exact) mass is 388 g/mol. The predicted molar refractivity (Wildman–Crippen MR) is 94.2 cm³/mol. The van der Waals surface area contributed by atoms with Crippen molar-refractivity contribution in [3.8, 4) is 0 Å². The van der Waals surface area contributed by atoms with E-state index in [0.29, 0.717) is 6.54 Å². The second-order valence-corrected chi connectivity index (χ2v) is 6.21. The van der Waals surface area contributed by atoms with E-state index in [4.69, 9.17) is 0 Å². The Labute approximate surface area is 156 Å². The van der Waals surface area contributed by atoms with Crippen molar-refractivity contribution >= 4 is 22.6 Å². The number of hydrogen-bond acceptors (Lipinski definition) is 4. The zero-order valence-electron chi connectivity index (χ0n) is 14.5. The van der Waals surface area contributed by atoms with E-state index in [1.807, 2.05) is 28.8 Å². The van der Waals surface area contributed by atoms with Gasteiger partial charge in [-0.2, -0.15) is 13.2 Å². The minimum atomic E-state index is -4.47. The number of nitrogens with one attached hydrogen (secondary N) is 1. The molecule has 0 radical (unpaired) electrons. The summed E-state index contributed by atoms with van der Waals surface area (Å²) in [5, 5.41) is 10.3. The van der Waals surface area contributed by atoms with E-state index in [1.54, 1.807) is 6.33 Å². The fourth-order valence-electron chi connectivity index (χ4n) is 2.90. The maximum Gasteiger partial charge on any atom is 0.417 e. The molecule has 0 fully saturated rings. The molecule has 10 heteroatoms. The molecule has 0 saturated carbocycles. The van der Waals surface area contributed by atoms with Crippen molar-refractivity contribution in [2.24, 2.45) is 0 Å². The van der Waals surface area contributed by atoms with Crippen LogP contribution in [0.2, 0.25) is 0 Å². The zero-order valence-corrected chi connectivity index (χ0v) is 14.5. The molecule has 7 nitrogen and oxygen atoms in total. The minimum Gasteiger partial charge on any atom is -0.349 e. The number of aromatic nitrogens is 5. The van der Waals surface area contributed by atoms with E-state index >= 15 is 0 Å². The van der Waals surface area contributed by atoms with Crippen molar-refractivity contribution < 1.29 is 18.0 Å². The smallest absolute Gasteiger partial charge is 0.349 e. The van der Waals surface area contributed by atoms with Gasteiger partial charge in [-0.1, -0.05) is 12.1 Å². The number of benzene rings is 1. The first-order valence-corrected chi connectivity index (χ1v) is 8.49. The highest BCUT2D eigenvalue weighted by Crippen LogP contribution is 2.29. The predicted octanol–water partition coefficient (Wildman–Crippen LogP) is 2.80. The highest BCUT2D eigenvalue weighted by atomic mass is 19.4. The first kappa shape index (κ1) is 18.0. The van der Waals surface area contributed by atoms with Crippen LogP contribution >= 0.6 is 0 Å². The van der Waals surface area contributed by atoms with Crippen molar-refractivity contribution in [1.82, 2.24) is 29.5 Å². The molecule has 3 heterocycles. The first-order valence-electron chi connectivity index (χ1n) is 8.49. The number of carbonyl (C=O) groups is 1. The third-order valence-electron chi connectivity index (χ3n) is 4.35. The molecule has 1 amide bonds. The lowest BCUT2D eigenvalue weighted by Crippen LogP contribution is -2.25. The van der Waals surface area contributed by atoms with E-state index in [-0.39, 0.29) is 30.3 Å². The summed E-state index contributed by atoms with van der Waals surface area (Å²) in [5.41, 5.74) is 1.25. The summed E-state index contributed by atoms with van der Waals surface area (Å²) in [6, 6.07) is 9.77. The molecule has 28 heavy (non-hydrogen) atoms. The Morgan fingerprint density at radius 3 is 2.75 bits per heavy atom. The fraction of sp³-hybridized carbons (Fsp3) is 0.222. The van der Waals surface area contributed by atoms with Crippen molar-refractivity contribution in [2.75, 3.05) is 0 Å². The van der Waals surface area contributed by atoms with Gasteiger partial charge < -0.3 is 9.88 Å². The molecular weight excluding hydrogens is 373 g/mol. The number of halogens is 3. The van der Waals surface area contributed by atoms with Crippen LogP contribution in [0.15, 0.2) is 48.9 Å². The number of hydrogen-bond donors (Lipinski definition) is 1. The third kappa shape index (κ3) is 3.53. The third-order valence-corrected chi connectivity index (χ3v) is 4.35. The van der Waals surface area contributed by atoms with Crippen LogP contribution in [0.3, 0.4) is 0 Å². The molecule has 4 aromatic rings. The SMILES string of the molecule is O=C(CCn1cnc2ccccc21)NCc1nnc2ccc(C(F)(F)F)cn12. The molecule has 4 rings (SSSR count). The number of carbonyl (C=O) groups excluding carboxylic acids is 1. The van der Waals surface area contributed by atoms with Gasteiger partial charge in [0.05, 0.1) is 29.5 Å². The van der Waals surface area contributed by atoms with Crippen molar-refractivity contribution in [2.45, 2.75) is 25.7 Å². The van der Waals surface area contributed by atoms with Crippen LogP contribution < -0.4 is 5.32 Å². The van der Waals surface area contributed by atoms with E-state index in [2.05, 4.69) is 20.5 Å². The summed E-state index contributed by atoms with van der Waals surface area (Å²) in [4.78, 5) is 16.4. The number of rotatable bonds is 5. The van der Waals surface area contributed by atoms with Crippen LogP contribution in [-0.4, -0.2) is 30.1 Å². The number of amides is 1. The van der Waals surface area contributed by atoms with Gasteiger partial charge in [0.2, 0.25) is 5.91 Å². The van der Waals surface area contributed by atoms with Gasteiger partial charge in [0.25, 0.3) is 0 Å². The van der Waals surface area contributed by atoms with Gasteiger partial charge in [-0.25, -0.2) is 4.98 Å². The molecule has 0 aliphatic carbocycles. The zero-order chi connectivity index (χ0) is 19.7. The van der Waals surface area contributed by atoms with Gasteiger partial charge in [0.15, 0.2) is 11.5 Å². The molecule has 0 unspecified atom stereocenters. The highest BCUT2D eigenvalue weighted by molar-refractivity contribution is 5.77. The largest absolute Gasteiger partial charge is 0.417 e. The van der Waals surface area contributed by atoms with Crippen LogP contribution in [0.1, 0.15) is 17.8 Å². The molecule has 1 aromatic carbocycles. The standard InChI is InChI=1S/C18H15F3N6O/c19-18(20,21)12-5-6-15-24-25-16(27(15)10-12)9-22-17(28)7-8-26-11-23-13-3-1-2-4-14(13)26/h1-6,10-11H,7-9H2,(H,22,28). The molecule has 0 atom stereocenters. The molecule has 0 spiro atoms. The minimum absolute atomic E-state index is 0.0218. The van der Waals surface area contributed by atoms with Gasteiger partial charge in [-0.05, 0) is 24.3 Å². The number of fused-ring (bicyclic) bond motifs is 2. The van der Waals surface area contributed by atoms with Gasteiger partial charge in [-0.15, -0.1) is 10.2 Å². The Hall–Kier alpha value is -3.43. The maximum absolute atomic E-state index is 12.9. The molecule has 1 N–H and O–H groups in total. The van der Waals surface area contributed by atoms with Gasteiger partial charge >= 0.3 is 6.18 Å². The van der Waals surface area contributed by atoms with E-state index in [9.17, 15) is 18.0 Å². The lowest BCUT2D eigenvalue weighted by molar-refractivity contribution is -0.137. The van der Waals surface area contributed by atoms with E-state index in [0.717, 1.165) is 23.3 Å². The van der Waals surface area contributed by atoms with Crippen LogP contribution in [0, 0.1) is 0 Å². The molecule has 0 aliphatic rings. The number of nitrogens with zero attached hydrogens (tertiary/aromatic N) is 5. The Morgan fingerprint density at radius 1 is 1.11 bits per heavy atom. The second-order valence-electron chi connectivity index (χ2n) is 6.21. The van der Waals surface area contributed by atoms with E-state index < -0.39 is 11.7 Å². The van der Waals surface area contributed by atoms with Crippen LogP contribution in [0.25, 0.3) is 16.7 Å². The highest BCUT2D eigenvalue weighted by Gasteiger charge is 2.31. The quantitative estimate of drug-likeness (QED) is 0.570. The summed E-state index contributed by atoms with van der Waals surface area (Å²) >= 11 is 0. The average Bonchev–Trinajstić information content (AvgIpc) is 3.27. The number of aryl methyl sites for hydroxylation is 1. The number of para-hydroxylation sites is 2. The normalized spacial score (nSPS) is 12.0. The Bertz CT molecular complexity index is 1150. The van der Waals surface area contributed by atoms with Crippen LogP contribution in [-0.2, 0) is 24.1 Å². The summed E-state index contributed by atoms with van der Waals surface area (Å²) < 4.78 is 41.7. The molecule has 0 aliphatic heterocycles. The van der Waals surface area contributed by atoms with Crippen molar-refractivity contribution in [3.05, 3.63) is 60.3 Å². The lowest BCUT2D eigenvalue weighted by Gasteiger charge is -2.08. The maximum atomic E-state index is 12.9. The molecular formula is C18H15F3N6O. The Morgan fingerprint density at radius 2 is 1.93 bits per heavy atom. The fourth-order valence-corrected chi connectivity index (χ4v) is 2.90. The average molecular weight is 388 g/mol. The topological polar surface area (TPSA) is 77.1 Å². The van der Waals surface area contributed by atoms with Crippen LogP contribution in [0.4, 0.5) is 13.2 Å². The van der Waals surface area contributed by atoms with E-state index in [1.165, 1.54) is 10.5 Å². The van der Waals surface area contributed by atoms with Crippen LogP contribution in [0.5, 0.6) is 0 Å². The summed E-state index contributed by atoms with van der Waals surface area (Å²) in [7, 11) is 0. The summed E-state index contributed by atoms with van der Waals surface area (Å²) in [6.07, 6.45) is -1.67. The lowest BCUT2D eigenvalue weighted by atomic mass is 10.3. The molecule has 0 bridgehead atoms. The van der Waals surface area contributed by atoms with Crippen molar-refractivity contribution in [3.63, 3.8) is 0 Å².